The molecule has 1 atom stereocenters. The molecule has 1 aliphatic carbocycles. The number of nitrogens with zero attached hydrogens (tertiary/aromatic N) is 2. The van der Waals surface area contributed by atoms with E-state index in [1.165, 1.54) is 12.8 Å². The van der Waals surface area contributed by atoms with E-state index in [2.05, 4.69) is 22.3 Å². The highest BCUT2D eigenvalue weighted by Crippen LogP contribution is 2.39. The van der Waals surface area contributed by atoms with Crippen LogP contribution in [0.4, 0.5) is 0 Å². The van der Waals surface area contributed by atoms with Gasteiger partial charge in [-0.15, -0.1) is 0 Å². The highest BCUT2D eigenvalue weighted by atomic mass is 16.5. The van der Waals surface area contributed by atoms with Crippen molar-refractivity contribution in [3.63, 3.8) is 0 Å². The maximum Gasteiger partial charge on any atom is 0.274 e. The van der Waals surface area contributed by atoms with E-state index >= 15 is 0 Å². The highest BCUT2D eigenvalue weighted by molar-refractivity contribution is 5.93. The molecule has 5 nitrogen and oxygen atoms in total. The standard InChI is InChI=1S/C18H21N3O2/c1-23-14-8-6-13(7-9-14)17-3-2-10-21(17)18(22)16-11-15(19-20-16)12-4-5-12/h6-9,11-12,17H,2-5,10H2,1H3,(H,19,20)/t17-/m1/s1. The van der Waals surface area contributed by atoms with Crippen molar-refractivity contribution in [3.8, 4) is 5.75 Å². The number of benzene rings is 1. The number of amides is 1. The van der Waals surface area contributed by atoms with E-state index in [0.717, 1.165) is 36.4 Å². The zero-order valence-electron chi connectivity index (χ0n) is 13.3. The second-order valence-corrected chi connectivity index (χ2v) is 6.41. The van der Waals surface area contributed by atoms with Crippen molar-refractivity contribution in [2.24, 2.45) is 0 Å². The summed E-state index contributed by atoms with van der Waals surface area (Å²) in [5.41, 5.74) is 2.82. The smallest absolute Gasteiger partial charge is 0.274 e. The second-order valence-electron chi connectivity index (χ2n) is 6.41. The Kier molecular flexibility index (Phi) is 3.56. The van der Waals surface area contributed by atoms with Gasteiger partial charge in [0, 0.05) is 18.2 Å². The Morgan fingerprint density at radius 2 is 2.04 bits per heavy atom. The predicted octanol–water partition coefficient (Wildman–Crippen LogP) is 3.27. The van der Waals surface area contributed by atoms with E-state index in [9.17, 15) is 4.79 Å². The van der Waals surface area contributed by atoms with Crippen LogP contribution in [-0.2, 0) is 0 Å². The van der Waals surface area contributed by atoms with Crippen LogP contribution in [0, 0.1) is 0 Å². The number of carbonyl (C=O) groups is 1. The lowest BCUT2D eigenvalue weighted by atomic mass is 10.0. The maximum absolute atomic E-state index is 12.8. The lowest BCUT2D eigenvalue weighted by Gasteiger charge is -2.24. The van der Waals surface area contributed by atoms with Crippen molar-refractivity contribution < 1.29 is 9.53 Å². The Labute approximate surface area is 135 Å². The van der Waals surface area contributed by atoms with Crippen molar-refractivity contribution in [3.05, 3.63) is 47.3 Å². The van der Waals surface area contributed by atoms with Gasteiger partial charge in [-0.3, -0.25) is 9.89 Å². The molecule has 1 aromatic carbocycles. The van der Waals surface area contributed by atoms with Crippen molar-refractivity contribution in [2.45, 2.75) is 37.6 Å². The summed E-state index contributed by atoms with van der Waals surface area (Å²) in [6.07, 6.45) is 4.43. The zero-order chi connectivity index (χ0) is 15.8. The summed E-state index contributed by atoms with van der Waals surface area (Å²) in [5, 5.41) is 7.27. The van der Waals surface area contributed by atoms with Crippen molar-refractivity contribution in [1.82, 2.24) is 15.1 Å². The fourth-order valence-corrected chi connectivity index (χ4v) is 3.38. The lowest BCUT2D eigenvalue weighted by molar-refractivity contribution is 0.0729. The largest absolute Gasteiger partial charge is 0.497 e. The number of hydrogen-bond acceptors (Lipinski definition) is 3. The number of rotatable bonds is 4. The van der Waals surface area contributed by atoms with Crippen LogP contribution in [0.1, 0.15) is 59.4 Å². The second kappa shape index (κ2) is 5.72. The van der Waals surface area contributed by atoms with Gasteiger partial charge in [0.2, 0.25) is 0 Å². The Bertz CT molecular complexity index is 703. The number of methoxy groups -OCH3 is 1. The third-order valence-electron chi connectivity index (χ3n) is 4.85. The third-order valence-corrected chi connectivity index (χ3v) is 4.85. The average Bonchev–Trinajstić information content (AvgIpc) is 3.14. The van der Waals surface area contributed by atoms with E-state index in [0.29, 0.717) is 11.6 Å². The molecule has 0 spiro atoms. The Morgan fingerprint density at radius 3 is 2.74 bits per heavy atom. The van der Waals surface area contributed by atoms with E-state index < -0.39 is 0 Å². The minimum absolute atomic E-state index is 0.0338. The summed E-state index contributed by atoms with van der Waals surface area (Å²) in [7, 11) is 1.66. The van der Waals surface area contributed by atoms with Gasteiger partial charge in [0.1, 0.15) is 11.4 Å². The minimum atomic E-state index is 0.0338. The van der Waals surface area contributed by atoms with Crippen LogP contribution in [0.5, 0.6) is 5.75 Å². The Hall–Kier alpha value is -2.30. The van der Waals surface area contributed by atoms with Gasteiger partial charge in [-0.1, -0.05) is 12.1 Å². The minimum Gasteiger partial charge on any atom is -0.497 e. The molecule has 2 aliphatic rings. The van der Waals surface area contributed by atoms with Crippen LogP contribution in [0.25, 0.3) is 0 Å². The van der Waals surface area contributed by atoms with Crippen molar-refractivity contribution >= 4 is 5.91 Å². The Balaban J connectivity index is 1.54. The molecule has 1 saturated heterocycles. The molecule has 1 saturated carbocycles. The number of likely N-dealkylation sites (tertiary alicyclic amines) is 1. The van der Waals surface area contributed by atoms with Gasteiger partial charge in [-0.25, -0.2) is 0 Å². The molecular weight excluding hydrogens is 290 g/mol. The number of aromatic nitrogens is 2. The monoisotopic (exact) mass is 311 g/mol. The van der Waals surface area contributed by atoms with Gasteiger partial charge in [-0.05, 0) is 49.4 Å². The number of carbonyl (C=O) groups excluding carboxylic acids is 1. The molecule has 2 aromatic rings. The number of nitrogens with one attached hydrogen (secondary N) is 1. The first-order chi connectivity index (χ1) is 11.3. The lowest BCUT2D eigenvalue weighted by Crippen LogP contribution is -2.30. The molecule has 23 heavy (non-hydrogen) atoms. The molecule has 0 bridgehead atoms. The molecular formula is C18H21N3O2. The topological polar surface area (TPSA) is 58.2 Å². The van der Waals surface area contributed by atoms with Crippen LogP contribution in [0.3, 0.4) is 0 Å². The molecule has 0 radical (unpaired) electrons. The van der Waals surface area contributed by atoms with Gasteiger partial charge in [0.15, 0.2) is 0 Å². The Morgan fingerprint density at radius 1 is 1.26 bits per heavy atom. The molecule has 120 valence electrons. The third kappa shape index (κ3) is 2.71. The molecule has 1 N–H and O–H groups in total. The summed E-state index contributed by atoms with van der Waals surface area (Å²) >= 11 is 0. The summed E-state index contributed by atoms with van der Waals surface area (Å²) in [5.74, 6) is 1.46. The van der Waals surface area contributed by atoms with Gasteiger partial charge in [0.25, 0.3) is 5.91 Å². The molecule has 1 aromatic heterocycles. The fraction of sp³-hybridized carbons (Fsp3) is 0.444. The molecule has 1 aliphatic heterocycles. The van der Waals surface area contributed by atoms with Crippen molar-refractivity contribution in [1.29, 1.82) is 0 Å². The first-order valence-corrected chi connectivity index (χ1v) is 8.26. The zero-order valence-corrected chi connectivity index (χ0v) is 13.3. The number of H-pyrrole nitrogens is 1. The van der Waals surface area contributed by atoms with E-state index in [1.54, 1.807) is 7.11 Å². The first-order valence-electron chi connectivity index (χ1n) is 8.26. The first kappa shape index (κ1) is 14.3. The normalized spacial score (nSPS) is 20.7. The molecule has 5 heteroatoms. The fourth-order valence-electron chi connectivity index (χ4n) is 3.38. The van der Waals surface area contributed by atoms with Gasteiger partial charge in [0.05, 0.1) is 13.2 Å². The van der Waals surface area contributed by atoms with Crippen LogP contribution >= 0.6 is 0 Å². The maximum atomic E-state index is 12.8. The summed E-state index contributed by atoms with van der Waals surface area (Å²) in [6, 6.07) is 10.1. The number of ether oxygens (including phenoxy) is 1. The van der Waals surface area contributed by atoms with Crippen LogP contribution < -0.4 is 4.74 Å². The van der Waals surface area contributed by atoms with E-state index in [1.807, 2.05) is 23.1 Å². The SMILES string of the molecule is COc1ccc([C@H]2CCCN2C(=O)c2cc(C3CC3)[nH]n2)cc1. The van der Waals surface area contributed by atoms with E-state index in [4.69, 9.17) is 4.74 Å². The number of aromatic amines is 1. The summed E-state index contributed by atoms with van der Waals surface area (Å²) < 4.78 is 5.21. The molecule has 1 amide bonds. The molecule has 0 unspecified atom stereocenters. The quantitative estimate of drug-likeness (QED) is 0.942. The molecule has 2 heterocycles. The van der Waals surface area contributed by atoms with Crippen LogP contribution in [-0.4, -0.2) is 34.7 Å². The predicted molar refractivity (Wildman–Crippen MR) is 86.6 cm³/mol. The van der Waals surface area contributed by atoms with E-state index in [-0.39, 0.29) is 11.9 Å². The average molecular weight is 311 g/mol. The van der Waals surface area contributed by atoms with Crippen molar-refractivity contribution in [2.75, 3.05) is 13.7 Å². The van der Waals surface area contributed by atoms with Gasteiger partial charge >= 0.3 is 0 Å². The number of hydrogen-bond donors (Lipinski definition) is 1. The van der Waals surface area contributed by atoms with Gasteiger partial charge in [-0.2, -0.15) is 5.10 Å². The summed E-state index contributed by atoms with van der Waals surface area (Å²) in [6.45, 7) is 0.793. The van der Waals surface area contributed by atoms with Crippen LogP contribution in [0.2, 0.25) is 0 Å². The molecule has 4 rings (SSSR count). The summed E-state index contributed by atoms with van der Waals surface area (Å²) in [4.78, 5) is 14.8. The molecule has 2 fully saturated rings. The highest BCUT2D eigenvalue weighted by Gasteiger charge is 2.33. The van der Waals surface area contributed by atoms with Crippen LogP contribution in [0.15, 0.2) is 30.3 Å². The van der Waals surface area contributed by atoms with Gasteiger partial charge < -0.3 is 9.64 Å².